The van der Waals surface area contributed by atoms with E-state index in [4.69, 9.17) is 16.3 Å². The lowest BCUT2D eigenvalue weighted by atomic mass is 9.89. The van der Waals surface area contributed by atoms with Gasteiger partial charge in [-0.15, -0.1) is 0 Å². The van der Waals surface area contributed by atoms with E-state index < -0.39 is 0 Å². The molecular weight excluding hydrogens is 478 g/mol. The van der Waals surface area contributed by atoms with Crippen molar-refractivity contribution in [1.29, 1.82) is 0 Å². The van der Waals surface area contributed by atoms with Gasteiger partial charge in [0.05, 0.1) is 24.7 Å². The van der Waals surface area contributed by atoms with Crippen molar-refractivity contribution in [2.45, 2.75) is 58.2 Å². The van der Waals surface area contributed by atoms with Crippen LogP contribution in [0, 0.1) is 6.92 Å². The second-order valence-corrected chi connectivity index (χ2v) is 10.2. The van der Waals surface area contributed by atoms with Gasteiger partial charge in [0, 0.05) is 41.1 Å². The van der Waals surface area contributed by atoms with Gasteiger partial charge in [-0.25, -0.2) is 0 Å². The number of hydrogen-bond donors (Lipinski definition) is 3. The number of halogens is 1. The number of fused-ring (bicyclic) bond motifs is 1. The SMILES string of the molecule is CCN(c1cc(Cl)cc(C(=O)NCc2c(OC)[nH]c3cc[nH]c3c2=O)c1C)C1CCC(N(C)C)CC1. The summed E-state index contributed by atoms with van der Waals surface area (Å²) in [6, 6.07) is 6.46. The molecule has 2 aromatic heterocycles. The topological polar surface area (TPSA) is 93.5 Å². The molecule has 4 rings (SSSR count). The third-order valence-corrected chi connectivity index (χ3v) is 7.70. The first-order valence-electron chi connectivity index (χ1n) is 12.5. The van der Waals surface area contributed by atoms with Crippen molar-refractivity contribution in [3.8, 4) is 5.88 Å². The second kappa shape index (κ2) is 11.0. The van der Waals surface area contributed by atoms with Crippen LogP contribution >= 0.6 is 11.6 Å². The van der Waals surface area contributed by atoms with Crippen molar-refractivity contribution >= 4 is 34.2 Å². The molecule has 1 fully saturated rings. The van der Waals surface area contributed by atoms with Gasteiger partial charge in [0.1, 0.15) is 5.52 Å². The molecule has 36 heavy (non-hydrogen) atoms. The molecule has 0 bridgehead atoms. The number of carbonyl (C=O) groups is 1. The minimum atomic E-state index is -0.281. The number of H-pyrrole nitrogens is 2. The lowest BCUT2D eigenvalue weighted by molar-refractivity contribution is 0.0950. The summed E-state index contributed by atoms with van der Waals surface area (Å²) in [7, 11) is 5.79. The Kier molecular flexibility index (Phi) is 7.95. The number of carbonyl (C=O) groups excluding carboxylic acids is 1. The van der Waals surface area contributed by atoms with Crippen LogP contribution in [0.1, 0.15) is 54.1 Å². The zero-order valence-electron chi connectivity index (χ0n) is 21.7. The number of hydrogen-bond acceptors (Lipinski definition) is 5. The second-order valence-electron chi connectivity index (χ2n) is 9.72. The normalized spacial score (nSPS) is 18.0. The number of methoxy groups -OCH3 is 1. The Hall–Kier alpha value is -2.97. The molecule has 3 N–H and O–H groups in total. The van der Waals surface area contributed by atoms with Gasteiger partial charge in [-0.3, -0.25) is 9.59 Å². The molecule has 2 heterocycles. The number of anilines is 1. The van der Waals surface area contributed by atoms with Crippen LogP contribution in [-0.4, -0.2) is 60.6 Å². The smallest absolute Gasteiger partial charge is 0.251 e. The van der Waals surface area contributed by atoms with Crippen molar-refractivity contribution in [3.05, 3.63) is 56.3 Å². The number of aromatic amines is 2. The number of ether oxygens (including phenoxy) is 1. The van der Waals surface area contributed by atoms with E-state index in [-0.39, 0.29) is 17.9 Å². The summed E-state index contributed by atoms with van der Waals surface area (Å²) in [6.45, 7) is 4.97. The first kappa shape index (κ1) is 26.1. The van der Waals surface area contributed by atoms with Crippen molar-refractivity contribution < 1.29 is 9.53 Å². The molecule has 0 unspecified atom stereocenters. The molecule has 0 radical (unpaired) electrons. The number of pyridine rings is 1. The Morgan fingerprint density at radius 3 is 2.53 bits per heavy atom. The van der Waals surface area contributed by atoms with Gasteiger partial charge in [0.2, 0.25) is 5.43 Å². The van der Waals surface area contributed by atoms with E-state index >= 15 is 0 Å². The van der Waals surface area contributed by atoms with Gasteiger partial charge in [-0.1, -0.05) is 11.6 Å². The van der Waals surface area contributed by atoms with Crippen LogP contribution in [0.2, 0.25) is 5.02 Å². The highest BCUT2D eigenvalue weighted by molar-refractivity contribution is 6.31. The highest BCUT2D eigenvalue weighted by Gasteiger charge is 2.28. The Morgan fingerprint density at radius 2 is 1.89 bits per heavy atom. The summed E-state index contributed by atoms with van der Waals surface area (Å²) < 4.78 is 5.39. The summed E-state index contributed by atoms with van der Waals surface area (Å²) in [6.07, 6.45) is 6.21. The molecule has 0 spiro atoms. The minimum absolute atomic E-state index is 0.0274. The monoisotopic (exact) mass is 513 g/mol. The number of nitrogens with zero attached hydrogens (tertiary/aromatic N) is 2. The third-order valence-electron chi connectivity index (χ3n) is 7.48. The van der Waals surface area contributed by atoms with E-state index in [9.17, 15) is 9.59 Å². The van der Waals surface area contributed by atoms with Crippen LogP contribution < -0.4 is 20.4 Å². The highest BCUT2D eigenvalue weighted by Crippen LogP contribution is 2.34. The molecule has 0 atom stereocenters. The predicted octanol–water partition coefficient (Wildman–Crippen LogP) is 4.46. The van der Waals surface area contributed by atoms with Gasteiger partial charge < -0.3 is 29.8 Å². The Balaban J connectivity index is 1.57. The summed E-state index contributed by atoms with van der Waals surface area (Å²) >= 11 is 6.52. The number of benzene rings is 1. The van der Waals surface area contributed by atoms with Crippen molar-refractivity contribution in [2.24, 2.45) is 0 Å². The fourth-order valence-corrected chi connectivity index (χ4v) is 5.63. The fourth-order valence-electron chi connectivity index (χ4n) is 5.42. The molecule has 1 saturated carbocycles. The van der Waals surface area contributed by atoms with Crippen LogP contribution in [0.15, 0.2) is 29.2 Å². The number of rotatable bonds is 8. The maximum atomic E-state index is 13.3. The quantitative estimate of drug-likeness (QED) is 0.413. The standard InChI is InChI=1S/C27H36ClN5O3/c1-6-33(19-9-7-18(8-10-19)32(3)4)23-14-17(28)13-20(16(23)2)26(35)30-15-21-25(34)24-22(11-12-29-24)31-27(21)36-5/h11-14,18-19,29H,6-10,15H2,1-5H3,(H,30,35)(H,31,34). The molecule has 8 nitrogen and oxygen atoms in total. The van der Waals surface area contributed by atoms with Gasteiger partial charge in [0.25, 0.3) is 5.91 Å². The van der Waals surface area contributed by atoms with Gasteiger partial charge in [-0.05, 0) is 77.4 Å². The maximum Gasteiger partial charge on any atom is 0.251 e. The van der Waals surface area contributed by atoms with Crippen molar-refractivity contribution in [2.75, 3.05) is 32.6 Å². The molecule has 9 heteroatoms. The average molecular weight is 514 g/mol. The molecular formula is C27H36ClN5O3. The summed E-state index contributed by atoms with van der Waals surface area (Å²) in [5, 5.41) is 3.42. The number of aromatic nitrogens is 2. The molecule has 3 aromatic rings. The van der Waals surface area contributed by atoms with Crippen LogP contribution in [0.5, 0.6) is 5.88 Å². The van der Waals surface area contributed by atoms with Gasteiger partial charge in [0.15, 0.2) is 5.88 Å². The zero-order chi connectivity index (χ0) is 26.0. The molecule has 1 aliphatic rings. The first-order chi connectivity index (χ1) is 17.2. The summed E-state index contributed by atoms with van der Waals surface area (Å²) in [5.41, 5.74) is 3.63. The first-order valence-corrected chi connectivity index (χ1v) is 12.9. The van der Waals surface area contributed by atoms with E-state index in [1.165, 1.54) is 7.11 Å². The molecule has 1 aliphatic carbocycles. The van der Waals surface area contributed by atoms with Crippen molar-refractivity contribution in [1.82, 2.24) is 20.2 Å². The third kappa shape index (κ3) is 5.11. The Bertz CT molecular complexity index is 1290. The summed E-state index contributed by atoms with van der Waals surface area (Å²) in [4.78, 5) is 37.0. The number of amides is 1. The molecule has 0 saturated heterocycles. The Morgan fingerprint density at radius 1 is 1.19 bits per heavy atom. The zero-order valence-corrected chi connectivity index (χ0v) is 22.5. The van der Waals surface area contributed by atoms with E-state index in [0.717, 1.165) is 43.5 Å². The molecule has 1 amide bonds. The minimum Gasteiger partial charge on any atom is -0.482 e. The van der Waals surface area contributed by atoms with E-state index in [2.05, 4.69) is 46.1 Å². The van der Waals surface area contributed by atoms with Crippen LogP contribution in [0.3, 0.4) is 0 Å². The summed E-state index contributed by atoms with van der Waals surface area (Å²) in [5.74, 6) is 0.0537. The predicted molar refractivity (Wildman–Crippen MR) is 146 cm³/mol. The molecule has 0 aliphatic heterocycles. The fraction of sp³-hybridized carbons (Fsp3) is 0.481. The van der Waals surface area contributed by atoms with Crippen LogP contribution in [0.25, 0.3) is 11.0 Å². The van der Waals surface area contributed by atoms with E-state index in [0.29, 0.717) is 45.1 Å². The van der Waals surface area contributed by atoms with Crippen LogP contribution in [-0.2, 0) is 6.54 Å². The van der Waals surface area contributed by atoms with Gasteiger partial charge in [-0.2, -0.15) is 0 Å². The lowest BCUT2D eigenvalue weighted by Gasteiger charge is -2.40. The van der Waals surface area contributed by atoms with Crippen LogP contribution in [0.4, 0.5) is 5.69 Å². The van der Waals surface area contributed by atoms with Gasteiger partial charge >= 0.3 is 0 Å². The molecule has 194 valence electrons. The number of nitrogens with one attached hydrogen (secondary N) is 3. The van der Waals surface area contributed by atoms with E-state index in [1.807, 2.05) is 13.0 Å². The largest absolute Gasteiger partial charge is 0.482 e. The maximum absolute atomic E-state index is 13.3. The molecule has 1 aromatic carbocycles. The average Bonchev–Trinajstić information content (AvgIpc) is 3.34. The lowest BCUT2D eigenvalue weighted by Crippen LogP contribution is -2.42. The Labute approximate surface area is 217 Å². The highest BCUT2D eigenvalue weighted by atomic mass is 35.5. The van der Waals surface area contributed by atoms with Crippen molar-refractivity contribution in [3.63, 3.8) is 0 Å². The van der Waals surface area contributed by atoms with E-state index in [1.54, 1.807) is 18.3 Å².